The van der Waals surface area contributed by atoms with E-state index in [1.807, 2.05) is 0 Å². The number of rotatable bonds is 7. The summed E-state index contributed by atoms with van der Waals surface area (Å²) < 4.78 is 35.7. The van der Waals surface area contributed by atoms with E-state index in [0.717, 1.165) is 26.4 Å². The Morgan fingerprint density at radius 3 is 2.03 bits per heavy atom. The zero-order chi connectivity index (χ0) is 22.3. The van der Waals surface area contributed by atoms with Crippen LogP contribution in [-0.4, -0.2) is 44.5 Å². The molecule has 0 heterocycles. The molecule has 8 nitrogen and oxygen atoms in total. The van der Waals surface area contributed by atoms with Crippen LogP contribution in [0.25, 0.3) is 0 Å². The molecular weight excluding hydrogens is 402 g/mol. The first-order chi connectivity index (χ1) is 14.2. The molecule has 2 rings (SSSR count). The van der Waals surface area contributed by atoms with Gasteiger partial charge >= 0.3 is 11.9 Å². The number of carbonyl (C=O) groups is 4. The molecule has 0 aliphatic carbocycles. The minimum atomic E-state index is -1.02. The van der Waals surface area contributed by atoms with Crippen LogP contribution in [0, 0.1) is 11.6 Å². The monoisotopic (exact) mass is 420 g/mol. The maximum Gasteiger partial charge on any atom is 0.337 e. The standard InChI is InChI=1S/C20H18F2N2O6/c1-29-19(27)11-7-12(20(28)30-2)9-14(8-11)24-17(25)5-6-23-18(26)15-4-3-13(21)10-16(15)22/h3-4,7-10H,5-6H2,1-2H3,(H,23,26)(H,24,25). The molecule has 0 aliphatic rings. The molecule has 0 radical (unpaired) electrons. The molecule has 0 unspecified atom stereocenters. The average Bonchev–Trinajstić information content (AvgIpc) is 2.72. The van der Waals surface area contributed by atoms with E-state index in [0.29, 0.717) is 6.07 Å². The Balaban J connectivity index is 2.00. The normalized spacial score (nSPS) is 10.1. The topological polar surface area (TPSA) is 111 Å². The van der Waals surface area contributed by atoms with Crippen LogP contribution in [-0.2, 0) is 14.3 Å². The second kappa shape index (κ2) is 10.1. The van der Waals surface area contributed by atoms with Crippen molar-refractivity contribution in [2.45, 2.75) is 6.42 Å². The van der Waals surface area contributed by atoms with Crippen LogP contribution in [0.5, 0.6) is 0 Å². The summed E-state index contributed by atoms with van der Waals surface area (Å²) in [5.41, 5.74) is -0.170. The smallest absolute Gasteiger partial charge is 0.337 e. The number of anilines is 1. The van der Waals surface area contributed by atoms with Crippen molar-refractivity contribution in [1.82, 2.24) is 5.32 Å². The SMILES string of the molecule is COC(=O)c1cc(NC(=O)CCNC(=O)c2ccc(F)cc2F)cc(C(=O)OC)c1. The predicted molar refractivity (Wildman–Crippen MR) is 101 cm³/mol. The number of hydrogen-bond donors (Lipinski definition) is 2. The summed E-state index contributed by atoms with van der Waals surface area (Å²) in [6.45, 7) is -0.137. The van der Waals surface area contributed by atoms with Crippen LogP contribution in [0.1, 0.15) is 37.5 Å². The molecule has 0 spiro atoms. The van der Waals surface area contributed by atoms with E-state index in [-0.39, 0.29) is 35.3 Å². The molecule has 0 bridgehead atoms. The van der Waals surface area contributed by atoms with Gasteiger partial charge in [-0.1, -0.05) is 0 Å². The molecule has 2 aromatic carbocycles. The molecule has 0 aromatic heterocycles. The highest BCUT2D eigenvalue weighted by atomic mass is 19.1. The number of nitrogens with one attached hydrogen (secondary N) is 2. The Bertz CT molecular complexity index is 959. The lowest BCUT2D eigenvalue weighted by molar-refractivity contribution is -0.116. The lowest BCUT2D eigenvalue weighted by Gasteiger charge is -2.10. The summed E-state index contributed by atoms with van der Waals surface area (Å²) in [4.78, 5) is 47.6. The second-order valence-electron chi connectivity index (χ2n) is 5.96. The number of amides is 2. The van der Waals surface area contributed by atoms with E-state index in [1.54, 1.807) is 0 Å². The predicted octanol–water partition coefficient (Wildman–Crippen LogP) is 2.30. The zero-order valence-electron chi connectivity index (χ0n) is 16.1. The number of esters is 2. The van der Waals surface area contributed by atoms with Crippen molar-refractivity contribution in [3.05, 3.63) is 64.7 Å². The van der Waals surface area contributed by atoms with Crippen LogP contribution in [0.2, 0.25) is 0 Å². The van der Waals surface area contributed by atoms with Crippen LogP contribution in [0.15, 0.2) is 36.4 Å². The molecule has 0 atom stereocenters. The molecular formula is C20H18F2N2O6. The van der Waals surface area contributed by atoms with Gasteiger partial charge in [-0.3, -0.25) is 9.59 Å². The second-order valence-corrected chi connectivity index (χ2v) is 5.96. The quantitative estimate of drug-likeness (QED) is 0.665. The van der Waals surface area contributed by atoms with Gasteiger partial charge in [-0.15, -0.1) is 0 Å². The van der Waals surface area contributed by atoms with Gasteiger partial charge < -0.3 is 20.1 Å². The Morgan fingerprint density at radius 2 is 1.50 bits per heavy atom. The highest BCUT2D eigenvalue weighted by Crippen LogP contribution is 2.17. The van der Waals surface area contributed by atoms with Crippen molar-refractivity contribution >= 4 is 29.4 Å². The molecule has 2 amide bonds. The van der Waals surface area contributed by atoms with Crippen LogP contribution < -0.4 is 10.6 Å². The first kappa shape index (κ1) is 22.5. The summed E-state index contributed by atoms with van der Waals surface area (Å²) >= 11 is 0. The van der Waals surface area contributed by atoms with Gasteiger partial charge in [0.05, 0.1) is 30.9 Å². The van der Waals surface area contributed by atoms with Crippen molar-refractivity contribution in [2.75, 3.05) is 26.1 Å². The fourth-order valence-electron chi connectivity index (χ4n) is 2.45. The lowest BCUT2D eigenvalue weighted by atomic mass is 10.1. The highest BCUT2D eigenvalue weighted by Gasteiger charge is 2.16. The van der Waals surface area contributed by atoms with Crippen molar-refractivity contribution in [3.8, 4) is 0 Å². The Hall–Kier alpha value is -3.82. The number of halogens is 2. The van der Waals surface area contributed by atoms with Crippen molar-refractivity contribution in [2.24, 2.45) is 0 Å². The van der Waals surface area contributed by atoms with E-state index in [2.05, 4.69) is 20.1 Å². The van der Waals surface area contributed by atoms with Crippen LogP contribution in [0.3, 0.4) is 0 Å². The van der Waals surface area contributed by atoms with Gasteiger partial charge in [0.2, 0.25) is 5.91 Å². The lowest BCUT2D eigenvalue weighted by Crippen LogP contribution is -2.28. The van der Waals surface area contributed by atoms with E-state index >= 15 is 0 Å². The van der Waals surface area contributed by atoms with Gasteiger partial charge in [0, 0.05) is 24.7 Å². The van der Waals surface area contributed by atoms with Crippen LogP contribution >= 0.6 is 0 Å². The van der Waals surface area contributed by atoms with Gasteiger partial charge in [-0.05, 0) is 30.3 Å². The van der Waals surface area contributed by atoms with E-state index in [1.165, 1.54) is 18.2 Å². The van der Waals surface area contributed by atoms with Crippen molar-refractivity contribution in [3.63, 3.8) is 0 Å². The van der Waals surface area contributed by atoms with Crippen molar-refractivity contribution < 1.29 is 37.4 Å². The van der Waals surface area contributed by atoms with Gasteiger partial charge in [0.15, 0.2) is 0 Å². The third-order valence-electron chi connectivity index (χ3n) is 3.87. The molecule has 10 heteroatoms. The number of carbonyl (C=O) groups excluding carboxylic acids is 4. The fraction of sp³-hybridized carbons (Fsp3) is 0.200. The molecule has 0 saturated heterocycles. The maximum absolute atomic E-state index is 13.6. The summed E-state index contributed by atoms with van der Waals surface area (Å²) in [6, 6.07) is 6.38. The first-order valence-corrected chi connectivity index (χ1v) is 8.60. The van der Waals surface area contributed by atoms with E-state index in [4.69, 9.17) is 0 Å². The fourth-order valence-corrected chi connectivity index (χ4v) is 2.45. The largest absolute Gasteiger partial charge is 0.465 e. The van der Waals surface area contributed by atoms with E-state index in [9.17, 15) is 28.0 Å². The third kappa shape index (κ3) is 5.84. The molecule has 0 aliphatic heterocycles. The Kier molecular flexibility index (Phi) is 7.56. The van der Waals surface area contributed by atoms with Gasteiger partial charge in [-0.25, -0.2) is 18.4 Å². The minimum absolute atomic E-state index is 0.0239. The number of hydrogen-bond acceptors (Lipinski definition) is 6. The highest BCUT2D eigenvalue weighted by molar-refractivity contribution is 5.99. The average molecular weight is 420 g/mol. The third-order valence-corrected chi connectivity index (χ3v) is 3.87. The molecule has 30 heavy (non-hydrogen) atoms. The van der Waals surface area contributed by atoms with Gasteiger partial charge in [-0.2, -0.15) is 0 Å². The summed E-state index contributed by atoms with van der Waals surface area (Å²) in [5.74, 6) is -4.63. The van der Waals surface area contributed by atoms with Gasteiger partial charge in [0.1, 0.15) is 11.6 Å². The van der Waals surface area contributed by atoms with Crippen molar-refractivity contribution in [1.29, 1.82) is 0 Å². The summed E-state index contributed by atoms with van der Waals surface area (Å²) in [6.07, 6.45) is -0.190. The summed E-state index contributed by atoms with van der Waals surface area (Å²) in [5, 5.41) is 4.83. The van der Waals surface area contributed by atoms with E-state index < -0.39 is 35.4 Å². The molecule has 2 aromatic rings. The zero-order valence-corrected chi connectivity index (χ0v) is 16.1. The maximum atomic E-state index is 13.6. The van der Waals surface area contributed by atoms with Crippen LogP contribution in [0.4, 0.5) is 14.5 Å². The molecule has 0 saturated carbocycles. The Morgan fingerprint density at radius 1 is 0.900 bits per heavy atom. The number of methoxy groups -OCH3 is 2. The molecule has 2 N–H and O–H groups in total. The molecule has 158 valence electrons. The first-order valence-electron chi connectivity index (χ1n) is 8.60. The molecule has 0 fully saturated rings. The minimum Gasteiger partial charge on any atom is -0.465 e. The van der Waals surface area contributed by atoms with Gasteiger partial charge in [0.25, 0.3) is 5.91 Å². The summed E-state index contributed by atoms with van der Waals surface area (Å²) in [7, 11) is 2.33. The Labute approximate surface area is 170 Å². The number of benzene rings is 2. The number of ether oxygens (including phenoxy) is 2.